The van der Waals surface area contributed by atoms with Gasteiger partial charge in [-0.3, -0.25) is 19.9 Å². The Morgan fingerprint density at radius 2 is 1.95 bits per heavy atom. The van der Waals surface area contributed by atoms with E-state index < -0.39 is 23.1 Å². The van der Waals surface area contributed by atoms with E-state index in [4.69, 9.17) is 4.74 Å². The fraction of sp³-hybridized carbons (Fsp3) is 0.323. The van der Waals surface area contributed by atoms with Gasteiger partial charge in [0.15, 0.2) is 0 Å². The van der Waals surface area contributed by atoms with Crippen LogP contribution in [0.15, 0.2) is 47.6 Å². The summed E-state index contributed by atoms with van der Waals surface area (Å²) in [4.78, 5) is 64.0. The number of carboxylic acid groups (broad SMARTS) is 1. The molecule has 0 atom stereocenters. The van der Waals surface area contributed by atoms with Gasteiger partial charge in [-0.2, -0.15) is 0 Å². The summed E-state index contributed by atoms with van der Waals surface area (Å²) in [6.45, 7) is 6.54. The summed E-state index contributed by atoms with van der Waals surface area (Å²) in [5, 5.41) is 15.0. The molecule has 0 aliphatic carbocycles. The Kier molecular flexibility index (Phi) is 9.65. The number of benzene rings is 1. The number of rotatable bonds is 10. The number of thioether (sulfide) groups is 1. The van der Waals surface area contributed by atoms with E-state index >= 15 is 0 Å². The zero-order valence-corrected chi connectivity index (χ0v) is 25.1. The summed E-state index contributed by atoms with van der Waals surface area (Å²) >= 11 is 0.854. The third kappa shape index (κ3) is 7.29. The van der Waals surface area contributed by atoms with Crippen LogP contribution in [0.1, 0.15) is 57.3 Å². The minimum Gasteiger partial charge on any atom is -0.478 e. The second-order valence-electron chi connectivity index (χ2n) is 10.5. The largest absolute Gasteiger partial charge is 0.478 e. The number of carbonyl (C=O) groups excluding carboxylic acids is 3. The first kappa shape index (κ1) is 30.8. The normalized spacial score (nSPS) is 16.3. The molecule has 12 nitrogen and oxygen atoms in total. The van der Waals surface area contributed by atoms with E-state index in [9.17, 15) is 24.3 Å². The summed E-state index contributed by atoms with van der Waals surface area (Å²) in [7, 11) is 0. The maximum absolute atomic E-state index is 12.9. The second kappa shape index (κ2) is 13.8. The molecule has 0 bridgehead atoms. The molecule has 0 radical (unpaired) electrons. The lowest BCUT2D eigenvalue weighted by molar-refractivity contribution is -0.115. The lowest BCUT2D eigenvalue weighted by Gasteiger charge is -2.32. The Bertz CT molecular complexity index is 1640. The molecule has 228 valence electrons. The van der Waals surface area contributed by atoms with Crippen LogP contribution >= 0.6 is 11.8 Å². The average molecular weight is 617 g/mol. The number of imide groups is 1. The van der Waals surface area contributed by atoms with Gasteiger partial charge in [0.2, 0.25) is 5.95 Å². The first-order valence-corrected chi connectivity index (χ1v) is 15.1. The number of aromatic carboxylic acids is 1. The van der Waals surface area contributed by atoms with Crippen molar-refractivity contribution < 1.29 is 29.0 Å². The monoisotopic (exact) mass is 616 g/mol. The van der Waals surface area contributed by atoms with Crippen LogP contribution in [-0.2, 0) is 16.1 Å². The van der Waals surface area contributed by atoms with Crippen molar-refractivity contribution in [1.82, 2.24) is 25.6 Å². The van der Waals surface area contributed by atoms with Crippen molar-refractivity contribution in [3.8, 4) is 11.3 Å². The molecular formula is C31H32N6O6S. The number of amides is 2. The predicted octanol–water partition coefficient (Wildman–Crippen LogP) is 4.05. The predicted molar refractivity (Wildman–Crippen MR) is 165 cm³/mol. The van der Waals surface area contributed by atoms with Gasteiger partial charge in [-0.05, 0) is 86.8 Å². The quantitative estimate of drug-likeness (QED) is 0.221. The Balaban J connectivity index is 1.20. The fourth-order valence-corrected chi connectivity index (χ4v) is 5.80. The van der Waals surface area contributed by atoms with Crippen LogP contribution in [0.5, 0.6) is 0 Å². The third-order valence-electron chi connectivity index (χ3n) is 7.35. The maximum atomic E-state index is 12.9. The molecule has 0 unspecified atom stereocenters. The summed E-state index contributed by atoms with van der Waals surface area (Å²) in [5.41, 5.74) is 3.15. The van der Waals surface area contributed by atoms with Crippen LogP contribution < -0.4 is 15.5 Å². The lowest BCUT2D eigenvalue weighted by Crippen LogP contribution is -2.38. The van der Waals surface area contributed by atoms with E-state index in [1.807, 2.05) is 6.92 Å². The van der Waals surface area contributed by atoms with Crippen LogP contribution in [0.2, 0.25) is 0 Å². The molecule has 44 heavy (non-hydrogen) atoms. The summed E-state index contributed by atoms with van der Waals surface area (Å²) in [6, 6.07) is 8.36. The van der Waals surface area contributed by atoms with Crippen LogP contribution in [0, 0.1) is 12.8 Å². The highest BCUT2D eigenvalue weighted by molar-refractivity contribution is 8.18. The van der Waals surface area contributed by atoms with Crippen molar-refractivity contribution in [2.45, 2.75) is 33.2 Å². The van der Waals surface area contributed by atoms with Crippen LogP contribution in [0.3, 0.4) is 0 Å². The smallest absolute Gasteiger partial charge is 0.340 e. The molecule has 2 aliphatic heterocycles. The summed E-state index contributed by atoms with van der Waals surface area (Å²) in [5.74, 6) is -1.07. The number of nitrogens with one attached hydrogen (secondary N) is 2. The average Bonchev–Trinajstić information content (AvgIpc) is 3.33. The number of pyridine rings is 1. The number of hydrogen-bond donors (Lipinski definition) is 3. The number of esters is 1. The lowest BCUT2D eigenvalue weighted by atomic mass is 9.96. The number of carbonyl (C=O) groups is 4. The molecule has 3 N–H and O–H groups in total. The van der Waals surface area contributed by atoms with Crippen LogP contribution in [0.4, 0.5) is 10.7 Å². The number of aromatic nitrogens is 3. The molecule has 13 heteroatoms. The van der Waals surface area contributed by atoms with Gasteiger partial charge in [-0.15, -0.1) is 0 Å². The number of aryl methyl sites for hydroxylation is 1. The van der Waals surface area contributed by atoms with Crippen molar-refractivity contribution >= 4 is 46.9 Å². The molecule has 4 heterocycles. The zero-order valence-electron chi connectivity index (χ0n) is 24.3. The van der Waals surface area contributed by atoms with Gasteiger partial charge in [0, 0.05) is 37.6 Å². The topological polar surface area (TPSA) is 164 Å². The highest BCUT2D eigenvalue weighted by atomic mass is 32.2. The minimum atomic E-state index is -1.10. The summed E-state index contributed by atoms with van der Waals surface area (Å²) in [6.07, 6.45) is 6.74. The fourth-order valence-electron chi connectivity index (χ4n) is 5.13. The van der Waals surface area contributed by atoms with E-state index in [1.165, 1.54) is 6.07 Å². The first-order valence-electron chi connectivity index (χ1n) is 14.3. The molecule has 2 aliphatic rings. The highest BCUT2D eigenvalue weighted by Gasteiger charge is 2.26. The molecule has 0 saturated carbocycles. The Labute approximate surface area is 258 Å². The molecule has 2 aromatic heterocycles. The minimum absolute atomic E-state index is 0.0664. The summed E-state index contributed by atoms with van der Waals surface area (Å²) < 4.78 is 5.27. The molecule has 0 spiro atoms. The Morgan fingerprint density at radius 1 is 1.16 bits per heavy atom. The standard InChI is InChI=1S/C31H32N6O6S/c1-3-43-29(41)24-13-20(17-34-26(24)23-12-18(2)4-5-22(23)28(39)40)16-32-15-19-7-10-37(11-8-19)30-33-9-6-21(35-30)14-25-27(38)36-31(42)44-25/h4-6,9,12-14,17,19,32H,3,7-8,10-11,15-16H2,1-2H3,(H,39,40)(H,36,38,42). The number of hydrogen-bond acceptors (Lipinski definition) is 11. The third-order valence-corrected chi connectivity index (χ3v) is 8.16. The van der Waals surface area contributed by atoms with E-state index in [0.29, 0.717) is 34.6 Å². The number of anilines is 1. The highest BCUT2D eigenvalue weighted by Crippen LogP contribution is 2.29. The first-order chi connectivity index (χ1) is 21.2. The number of piperidine rings is 1. The molecule has 1 aromatic carbocycles. The maximum Gasteiger partial charge on any atom is 0.340 e. The SMILES string of the molecule is CCOC(=O)c1cc(CNCC2CCN(c3nccc(C=C4SC(=O)NC4=O)n3)CC2)cnc1-c1cc(C)ccc1C(=O)O. The number of nitrogens with zero attached hydrogens (tertiary/aromatic N) is 4. The van der Waals surface area contributed by atoms with E-state index in [1.54, 1.807) is 49.7 Å². The van der Waals surface area contributed by atoms with Crippen LogP contribution in [0.25, 0.3) is 17.3 Å². The molecular weight excluding hydrogens is 584 g/mol. The van der Waals surface area contributed by atoms with Crippen molar-refractivity contribution in [1.29, 1.82) is 0 Å². The molecule has 3 aromatic rings. The van der Waals surface area contributed by atoms with Crippen molar-refractivity contribution in [3.05, 3.63) is 75.6 Å². The van der Waals surface area contributed by atoms with E-state index in [-0.39, 0.29) is 23.4 Å². The molecule has 5 rings (SSSR count). The van der Waals surface area contributed by atoms with Gasteiger partial charge in [0.25, 0.3) is 11.1 Å². The van der Waals surface area contributed by atoms with E-state index in [0.717, 1.165) is 55.4 Å². The Hall–Kier alpha value is -4.62. The van der Waals surface area contributed by atoms with Crippen molar-refractivity contribution in [3.63, 3.8) is 0 Å². The number of carboxylic acids is 1. The van der Waals surface area contributed by atoms with Gasteiger partial charge in [-0.25, -0.2) is 19.6 Å². The van der Waals surface area contributed by atoms with Gasteiger partial charge in [0.1, 0.15) is 0 Å². The Morgan fingerprint density at radius 3 is 2.66 bits per heavy atom. The van der Waals surface area contributed by atoms with Crippen LogP contribution in [-0.4, -0.2) is 69.4 Å². The van der Waals surface area contributed by atoms with Crippen molar-refractivity contribution in [2.75, 3.05) is 31.1 Å². The van der Waals surface area contributed by atoms with Gasteiger partial charge in [0.05, 0.1) is 34.0 Å². The second-order valence-corrected chi connectivity index (χ2v) is 11.5. The molecule has 2 fully saturated rings. The number of ether oxygens (including phenoxy) is 1. The molecule has 2 amide bonds. The zero-order chi connectivity index (χ0) is 31.2. The van der Waals surface area contributed by atoms with Gasteiger partial charge in [-0.1, -0.05) is 11.6 Å². The van der Waals surface area contributed by atoms with Gasteiger partial charge < -0.3 is 20.1 Å². The van der Waals surface area contributed by atoms with E-state index in [2.05, 4.69) is 30.5 Å². The molecule has 2 saturated heterocycles. The van der Waals surface area contributed by atoms with Gasteiger partial charge >= 0.3 is 11.9 Å². The van der Waals surface area contributed by atoms with Crippen molar-refractivity contribution in [2.24, 2.45) is 5.92 Å².